The lowest BCUT2D eigenvalue weighted by molar-refractivity contribution is -0.119. The monoisotopic (exact) mass is 405 g/mol. The minimum atomic E-state index is -0.465. The molecule has 146 valence electrons. The van der Waals surface area contributed by atoms with Gasteiger partial charge in [0.15, 0.2) is 12.4 Å². The first-order valence-corrected chi connectivity index (χ1v) is 9.01. The Balaban J connectivity index is 1.70. The minimum Gasteiger partial charge on any atom is -0.489 e. The molecule has 2 heterocycles. The number of benzene rings is 2. The van der Waals surface area contributed by atoms with Crippen molar-refractivity contribution in [1.82, 2.24) is 0 Å². The normalized spacial score (nSPS) is 17.7. The summed E-state index contributed by atoms with van der Waals surface area (Å²) in [6.45, 7) is 0.454. The molecule has 0 unspecified atom stereocenters. The maximum atomic E-state index is 13.6. The molecule has 4 rings (SSSR count). The SMILES string of the molecule is NC(=O)C[C@H]1COc2cc(F)ccc2N1Cc1cc(Cl)c2c(c1)NC(=O)CO2. The first-order chi connectivity index (χ1) is 13.4. The predicted molar refractivity (Wildman–Crippen MR) is 101 cm³/mol. The summed E-state index contributed by atoms with van der Waals surface area (Å²) in [4.78, 5) is 25.0. The number of amides is 2. The molecule has 0 saturated carbocycles. The van der Waals surface area contributed by atoms with Crippen LogP contribution in [-0.2, 0) is 16.1 Å². The highest BCUT2D eigenvalue weighted by atomic mass is 35.5. The Morgan fingerprint density at radius 1 is 1.32 bits per heavy atom. The number of nitrogens with two attached hydrogens (primary N) is 1. The van der Waals surface area contributed by atoms with E-state index in [9.17, 15) is 14.0 Å². The number of anilines is 2. The number of rotatable bonds is 4. The maximum absolute atomic E-state index is 13.6. The Morgan fingerprint density at radius 3 is 2.93 bits per heavy atom. The van der Waals surface area contributed by atoms with Crippen LogP contribution in [0.1, 0.15) is 12.0 Å². The molecule has 7 nitrogen and oxygen atoms in total. The van der Waals surface area contributed by atoms with Crippen molar-refractivity contribution in [3.05, 3.63) is 46.7 Å². The number of ether oxygens (including phenoxy) is 2. The zero-order valence-corrected chi connectivity index (χ0v) is 15.5. The highest BCUT2D eigenvalue weighted by Crippen LogP contribution is 2.40. The van der Waals surface area contributed by atoms with Gasteiger partial charge in [-0.25, -0.2) is 4.39 Å². The molecule has 0 aromatic heterocycles. The molecule has 0 bridgehead atoms. The van der Waals surface area contributed by atoms with E-state index in [0.29, 0.717) is 34.4 Å². The van der Waals surface area contributed by atoms with Gasteiger partial charge in [0.2, 0.25) is 5.91 Å². The lowest BCUT2D eigenvalue weighted by Crippen LogP contribution is -2.45. The zero-order chi connectivity index (χ0) is 19.8. The Bertz CT molecular complexity index is 968. The van der Waals surface area contributed by atoms with Crippen LogP contribution >= 0.6 is 11.6 Å². The number of nitrogens with one attached hydrogen (secondary N) is 1. The molecule has 2 aromatic carbocycles. The van der Waals surface area contributed by atoms with Crippen LogP contribution in [0.15, 0.2) is 30.3 Å². The number of carbonyl (C=O) groups excluding carboxylic acids is 2. The van der Waals surface area contributed by atoms with Crippen LogP contribution in [0.2, 0.25) is 5.02 Å². The van der Waals surface area contributed by atoms with E-state index in [0.717, 1.165) is 5.56 Å². The van der Waals surface area contributed by atoms with Crippen molar-refractivity contribution in [2.75, 3.05) is 23.4 Å². The Kier molecular flexibility index (Phi) is 4.72. The summed E-state index contributed by atoms with van der Waals surface area (Å²) in [6, 6.07) is 7.40. The second kappa shape index (κ2) is 7.20. The van der Waals surface area contributed by atoms with Crippen molar-refractivity contribution >= 4 is 34.8 Å². The van der Waals surface area contributed by atoms with Crippen molar-refractivity contribution in [2.45, 2.75) is 19.0 Å². The van der Waals surface area contributed by atoms with E-state index in [2.05, 4.69) is 5.32 Å². The fourth-order valence-corrected chi connectivity index (χ4v) is 3.73. The Hall–Kier alpha value is -3.00. The number of carbonyl (C=O) groups is 2. The first kappa shape index (κ1) is 18.4. The average molecular weight is 406 g/mol. The van der Waals surface area contributed by atoms with Crippen LogP contribution in [0.5, 0.6) is 11.5 Å². The second-order valence-corrected chi connectivity index (χ2v) is 7.07. The minimum absolute atomic E-state index is 0.0787. The Morgan fingerprint density at radius 2 is 2.14 bits per heavy atom. The predicted octanol–water partition coefficient (Wildman–Crippen LogP) is 2.45. The molecule has 3 N–H and O–H groups in total. The number of nitrogens with zero attached hydrogens (tertiary/aromatic N) is 1. The summed E-state index contributed by atoms with van der Waals surface area (Å²) in [5.74, 6) is -0.332. The second-order valence-electron chi connectivity index (χ2n) is 6.67. The molecule has 2 aliphatic heterocycles. The van der Waals surface area contributed by atoms with E-state index >= 15 is 0 Å². The first-order valence-electron chi connectivity index (χ1n) is 8.63. The third kappa shape index (κ3) is 3.55. The lowest BCUT2D eigenvalue weighted by Gasteiger charge is -2.38. The van der Waals surface area contributed by atoms with Crippen LogP contribution in [0.3, 0.4) is 0 Å². The quantitative estimate of drug-likeness (QED) is 0.814. The summed E-state index contributed by atoms with van der Waals surface area (Å²) >= 11 is 6.31. The van der Waals surface area contributed by atoms with Gasteiger partial charge >= 0.3 is 0 Å². The fraction of sp³-hybridized carbons (Fsp3) is 0.263. The summed E-state index contributed by atoms with van der Waals surface area (Å²) < 4.78 is 24.6. The van der Waals surface area contributed by atoms with Crippen LogP contribution in [-0.4, -0.2) is 31.1 Å². The summed E-state index contributed by atoms with van der Waals surface area (Å²) in [5.41, 5.74) is 7.30. The van der Waals surface area contributed by atoms with Gasteiger partial charge in [-0.05, 0) is 29.8 Å². The fourth-order valence-electron chi connectivity index (χ4n) is 3.43. The number of halogens is 2. The molecule has 28 heavy (non-hydrogen) atoms. The summed E-state index contributed by atoms with van der Waals surface area (Å²) in [5, 5.41) is 3.10. The molecule has 2 aromatic rings. The topological polar surface area (TPSA) is 93.9 Å². The van der Waals surface area contributed by atoms with Gasteiger partial charge in [0.05, 0.1) is 28.9 Å². The molecule has 0 fully saturated rings. The number of fused-ring (bicyclic) bond motifs is 2. The van der Waals surface area contributed by atoms with Gasteiger partial charge in [-0.15, -0.1) is 0 Å². The van der Waals surface area contributed by atoms with E-state index in [1.165, 1.54) is 12.1 Å². The van der Waals surface area contributed by atoms with Gasteiger partial charge in [-0.1, -0.05) is 11.6 Å². The molecule has 0 saturated heterocycles. The molecule has 2 amide bonds. The number of primary amides is 1. The lowest BCUT2D eigenvalue weighted by atomic mass is 10.1. The van der Waals surface area contributed by atoms with Crippen molar-refractivity contribution in [3.63, 3.8) is 0 Å². The molecular weight excluding hydrogens is 389 g/mol. The van der Waals surface area contributed by atoms with Crippen LogP contribution < -0.4 is 25.4 Å². The van der Waals surface area contributed by atoms with E-state index < -0.39 is 11.7 Å². The largest absolute Gasteiger partial charge is 0.489 e. The Labute approximate surface area is 165 Å². The summed E-state index contributed by atoms with van der Waals surface area (Å²) in [7, 11) is 0. The molecular formula is C19H17ClFN3O4. The van der Waals surface area contributed by atoms with Crippen molar-refractivity contribution in [2.24, 2.45) is 5.73 Å². The van der Waals surface area contributed by atoms with Gasteiger partial charge in [-0.2, -0.15) is 0 Å². The van der Waals surface area contributed by atoms with Gasteiger partial charge < -0.3 is 25.4 Å². The van der Waals surface area contributed by atoms with Gasteiger partial charge in [0.1, 0.15) is 18.2 Å². The standard InChI is InChI=1S/C19H17ClFN3O4/c20-13-3-10(4-14-19(13)28-9-18(26)23-14)7-24-12(6-17(22)25)8-27-16-5-11(21)1-2-15(16)24/h1-5,12H,6-9H2,(H2,22,25)(H,23,26)/t12-/m0/s1. The third-order valence-corrected chi connectivity index (χ3v) is 4.90. The van der Waals surface area contributed by atoms with E-state index in [1.54, 1.807) is 18.2 Å². The third-order valence-electron chi connectivity index (χ3n) is 4.62. The van der Waals surface area contributed by atoms with Crippen molar-refractivity contribution < 1.29 is 23.5 Å². The zero-order valence-electron chi connectivity index (χ0n) is 14.7. The molecule has 2 aliphatic rings. The van der Waals surface area contributed by atoms with Crippen LogP contribution in [0, 0.1) is 5.82 Å². The average Bonchev–Trinajstić information content (AvgIpc) is 2.62. The van der Waals surface area contributed by atoms with Gasteiger partial charge in [0, 0.05) is 12.6 Å². The number of hydrogen-bond acceptors (Lipinski definition) is 5. The van der Waals surface area contributed by atoms with Crippen molar-refractivity contribution in [1.29, 1.82) is 0 Å². The molecule has 9 heteroatoms. The van der Waals surface area contributed by atoms with E-state index in [-0.39, 0.29) is 31.6 Å². The van der Waals surface area contributed by atoms with Crippen LogP contribution in [0.4, 0.5) is 15.8 Å². The molecule has 0 aliphatic carbocycles. The highest BCUT2D eigenvalue weighted by Gasteiger charge is 2.30. The molecule has 0 spiro atoms. The van der Waals surface area contributed by atoms with E-state index in [1.807, 2.05) is 4.90 Å². The smallest absolute Gasteiger partial charge is 0.262 e. The summed E-state index contributed by atoms with van der Waals surface area (Å²) in [6.07, 6.45) is 0.0787. The maximum Gasteiger partial charge on any atom is 0.262 e. The molecule has 0 radical (unpaired) electrons. The van der Waals surface area contributed by atoms with E-state index in [4.69, 9.17) is 26.8 Å². The number of hydrogen-bond donors (Lipinski definition) is 2. The van der Waals surface area contributed by atoms with Gasteiger partial charge in [-0.3, -0.25) is 9.59 Å². The molecule has 1 atom stereocenters. The van der Waals surface area contributed by atoms with Crippen LogP contribution in [0.25, 0.3) is 0 Å². The van der Waals surface area contributed by atoms with Crippen molar-refractivity contribution in [3.8, 4) is 11.5 Å². The highest BCUT2D eigenvalue weighted by molar-refractivity contribution is 6.33. The van der Waals surface area contributed by atoms with Gasteiger partial charge in [0.25, 0.3) is 5.91 Å².